The van der Waals surface area contributed by atoms with Crippen molar-refractivity contribution in [2.75, 3.05) is 31.6 Å². The van der Waals surface area contributed by atoms with E-state index in [4.69, 9.17) is 4.74 Å². The Balaban J connectivity index is 2.03. The van der Waals surface area contributed by atoms with Gasteiger partial charge in [0.2, 0.25) is 11.8 Å². The zero-order valence-corrected chi connectivity index (χ0v) is 14.2. The highest BCUT2D eigenvalue weighted by Gasteiger charge is 2.23. The molecule has 5 heteroatoms. The number of carbonyl (C=O) groups is 2. The molecule has 1 aliphatic rings. The summed E-state index contributed by atoms with van der Waals surface area (Å²) in [6.07, 6.45) is 2.59. The van der Waals surface area contributed by atoms with Crippen LogP contribution in [-0.2, 0) is 9.59 Å². The molecule has 1 atom stereocenters. The van der Waals surface area contributed by atoms with Crippen LogP contribution in [0, 0.1) is 5.92 Å². The number of nitrogens with zero attached hydrogens (tertiary/aromatic N) is 2. The van der Waals surface area contributed by atoms with E-state index in [1.807, 2.05) is 29.2 Å². The van der Waals surface area contributed by atoms with Crippen LogP contribution in [0.3, 0.4) is 0 Å². The molecule has 0 aliphatic carbocycles. The molecule has 1 aromatic carbocycles. The molecule has 126 valence electrons. The van der Waals surface area contributed by atoms with Gasteiger partial charge in [-0.3, -0.25) is 9.59 Å². The number of hydrogen-bond donors (Lipinski definition) is 0. The van der Waals surface area contributed by atoms with Crippen molar-refractivity contribution in [3.63, 3.8) is 0 Å². The maximum Gasteiger partial charge on any atom is 0.224 e. The average Bonchev–Trinajstić information content (AvgIpc) is 2.55. The molecule has 1 aliphatic heterocycles. The fourth-order valence-electron chi connectivity index (χ4n) is 3.08. The molecule has 0 saturated carbocycles. The van der Waals surface area contributed by atoms with Crippen molar-refractivity contribution >= 4 is 17.5 Å². The summed E-state index contributed by atoms with van der Waals surface area (Å²) >= 11 is 0. The van der Waals surface area contributed by atoms with Crippen LogP contribution in [-0.4, -0.2) is 43.5 Å². The van der Waals surface area contributed by atoms with Gasteiger partial charge in [0.25, 0.3) is 0 Å². The predicted molar refractivity (Wildman–Crippen MR) is 90.6 cm³/mol. The van der Waals surface area contributed by atoms with E-state index < -0.39 is 0 Å². The summed E-state index contributed by atoms with van der Waals surface area (Å²) < 4.78 is 5.32. The molecular weight excluding hydrogens is 292 g/mol. The van der Waals surface area contributed by atoms with Crippen molar-refractivity contribution in [2.45, 2.75) is 33.1 Å². The van der Waals surface area contributed by atoms with Gasteiger partial charge in [-0.15, -0.1) is 0 Å². The summed E-state index contributed by atoms with van der Waals surface area (Å²) in [5.74, 6) is 1.24. The maximum absolute atomic E-state index is 12.4. The van der Waals surface area contributed by atoms with E-state index in [1.54, 1.807) is 12.0 Å². The third-order valence-corrected chi connectivity index (χ3v) is 4.32. The molecule has 0 radical (unpaired) electrons. The number of anilines is 1. The maximum atomic E-state index is 12.4. The lowest BCUT2D eigenvalue weighted by Gasteiger charge is -2.32. The minimum Gasteiger partial charge on any atom is -0.495 e. The Kier molecular flexibility index (Phi) is 6.02. The first kappa shape index (κ1) is 17.3. The monoisotopic (exact) mass is 318 g/mol. The highest BCUT2D eigenvalue weighted by atomic mass is 16.5. The van der Waals surface area contributed by atoms with Crippen LogP contribution in [0.2, 0.25) is 0 Å². The largest absolute Gasteiger partial charge is 0.495 e. The smallest absolute Gasteiger partial charge is 0.224 e. The summed E-state index contributed by atoms with van der Waals surface area (Å²) in [6, 6.07) is 7.38. The van der Waals surface area contributed by atoms with Crippen molar-refractivity contribution in [3.05, 3.63) is 24.3 Å². The molecule has 23 heavy (non-hydrogen) atoms. The minimum absolute atomic E-state index is 0.0886. The van der Waals surface area contributed by atoms with Gasteiger partial charge < -0.3 is 14.5 Å². The van der Waals surface area contributed by atoms with Gasteiger partial charge >= 0.3 is 0 Å². The van der Waals surface area contributed by atoms with Gasteiger partial charge in [-0.2, -0.15) is 0 Å². The fraction of sp³-hybridized carbons (Fsp3) is 0.556. The molecule has 1 saturated heterocycles. The van der Waals surface area contributed by atoms with Gasteiger partial charge in [0, 0.05) is 33.0 Å². The number of para-hydroxylation sites is 2. The number of carbonyl (C=O) groups excluding carboxylic acids is 2. The number of likely N-dealkylation sites (tertiary alicyclic amines) is 1. The third-order valence-electron chi connectivity index (χ3n) is 4.32. The molecule has 5 nitrogen and oxygen atoms in total. The second-order valence-electron chi connectivity index (χ2n) is 6.18. The van der Waals surface area contributed by atoms with Crippen LogP contribution in [0.4, 0.5) is 5.69 Å². The lowest BCUT2D eigenvalue weighted by molar-refractivity contribution is -0.132. The van der Waals surface area contributed by atoms with Crippen LogP contribution in [0.1, 0.15) is 33.1 Å². The molecular formula is C18H26N2O3. The molecule has 0 spiro atoms. The van der Waals surface area contributed by atoms with Crippen molar-refractivity contribution in [1.82, 2.24) is 4.90 Å². The number of piperidine rings is 1. The van der Waals surface area contributed by atoms with Gasteiger partial charge in [0.05, 0.1) is 12.8 Å². The summed E-state index contributed by atoms with van der Waals surface area (Å²) in [5.41, 5.74) is 0.710. The lowest BCUT2D eigenvalue weighted by Crippen LogP contribution is -2.41. The quantitative estimate of drug-likeness (QED) is 0.839. The van der Waals surface area contributed by atoms with Crippen LogP contribution in [0.15, 0.2) is 24.3 Å². The fourth-order valence-corrected chi connectivity index (χ4v) is 3.08. The van der Waals surface area contributed by atoms with Crippen LogP contribution >= 0.6 is 0 Å². The van der Waals surface area contributed by atoms with E-state index in [-0.39, 0.29) is 11.8 Å². The van der Waals surface area contributed by atoms with Gasteiger partial charge in [0.1, 0.15) is 5.75 Å². The van der Waals surface area contributed by atoms with Crippen LogP contribution in [0.25, 0.3) is 0 Å². The zero-order chi connectivity index (χ0) is 16.8. The molecule has 1 heterocycles. The minimum atomic E-state index is -0.0886. The second-order valence-corrected chi connectivity index (χ2v) is 6.18. The van der Waals surface area contributed by atoms with Crippen LogP contribution < -0.4 is 9.64 Å². The lowest BCUT2D eigenvalue weighted by atomic mass is 10.00. The van der Waals surface area contributed by atoms with Crippen molar-refractivity contribution < 1.29 is 14.3 Å². The average molecular weight is 318 g/mol. The van der Waals surface area contributed by atoms with Gasteiger partial charge in [-0.05, 0) is 30.9 Å². The zero-order valence-electron chi connectivity index (χ0n) is 14.2. The molecule has 0 bridgehead atoms. The first-order chi connectivity index (χ1) is 11.0. The number of methoxy groups -OCH3 is 1. The number of rotatable bonds is 5. The standard InChI is InChI=1S/C18H26N2O3/c1-14-7-6-11-19(13-14)18(22)10-12-20(15(2)21)16-8-4-5-9-17(16)23-3/h4-5,8-9,14H,6-7,10-13H2,1-3H3. The van der Waals surface area contributed by atoms with E-state index in [0.717, 1.165) is 19.5 Å². The summed E-state index contributed by atoms with van der Waals surface area (Å²) in [7, 11) is 1.58. The Hall–Kier alpha value is -2.04. The van der Waals surface area contributed by atoms with E-state index in [9.17, 15) is 9.59 Å². The Morgan fingerprint density at radius 2 is 2.09 bits per heavy atom. The molecule has 0 N–H and O–H groups in total. The van der Waals surface area contributed by atoms with Gasteiger partial charge in [0.15, 0.2) is 0 Å². The molecule has 2 amide bonds. The number of hydrogen-bond acceptors (Lipinski definition) is 3. The second kappa shape index (κ2) is 7.99. The van der Waals surface area contributed by atoms with Crippen molar-refractivity contribution in [1.29, 1.82) is 0 Å². The topological polar surface area (TPSA) is 49.9 Å². The Bertz CT molecular complexity index is 559. The van der Waals surface area contributed by atoms with Crippen molar-refractivity contribution in [3.8, 4) is 5.75 Å². The Morgan fingerprint density at radius 1 is 1.35 bits per heavy atom. The number of ether oxygens (including phenoxy) is 1. The molecule has 1 unspecified atom stereocenters. The highest BCUT2D eigenvalue weighted by molar-refractivity contribution is 5.93. The Labute approximate surface area is 138 Å². The number of benzene rings is 1. The third kappa shape index (κ3) is 4.47. The normalized spacial score (nSPS) is 17.7. The molecule has 1 fully saturated rings. The van der Waals surface area contributed by atoms with Crippen molar-refractivity contribution in [2.24, 2.45) is 5.92 Å². The van der Waals surface area contributed by atoms with E-state index in [0.29, 0.717) is 30.3 Å². The van der Waals surface area contributed by atoms with E-state index >= 15 is 0 Å². The molecule has 2 rings (SSSR count). The van der Waals surface area contributed by atoms with Crippen LogP contribution in [0.5, 0.6) is 5.75 Å². The predicted octanol–water partition coefficient (Wildman–Crippen LogP) is 2.70. The molecule has 1 aromatic rings. The number of amides is 2. The summed E-state index contributed by atoms with van der Waals surface area (Å²) in [6.45, 7) is 5.72. The van der Waals surface area contributed by atoms with E-state index in [2.05, 4.69) is 6.92 Å². The summed E-state index contributed by atoms with van der Waals surface area (Å²) in [4.78, 5) is 28.0. The first-order valence-electron chi connectivity index (χ1n) is 8.21. The van der Waals surface area contributed by atoms with Gasteiger partial charge in [-0.25, -0.2) is 0 Å². The van der Waals surface area contributed by atoms with E-state index in [1.165, 1.54) is 13.3 Å². The highest BCUT2D eigenvalue weighted by Crippen LogP contribution is 2.28. The molecule has 0 aromatic heterocycles. The Morgan fingerprint density at radius 3 is 2.74 bits per heavy atom. The SMILES string of the molecule is COc1ccccc1N(CCC(=O)N1CCCC(C)C1)C(C)=O. The first-order valence-corrected chi connectivity index (χ1v) is 8.21. The summed E-state index contributed by atoms with van der Waals surface area (Å²) in [5, 5.41) is 0. The van der Waals surface area contributed by atoms with Gasteiger partial charge in [-0.1, -0.05) is 19.1 Å².